The van der Waals surface area contributed by atoms with E-state index in [-0.39, 0.29) is 5.60 Å². The molecule has 1 aliphatic heterocycles. The number of aromatic nitrogens is 1. The van der Waals surface area contributed by atoms with Gasteiger partial charge in [0.15, 0.2) is 0 Å². The molecule has 1 atom stereocenters. The minimum Gasteiger partial charge on any atom is -0.365 e. The molecule has 0 spiro atoms. The molecular weight excluding hydrogens is 130 g/mol. The second-order valence-electron chi connectivity index (χ2n) is 2.82. The third-order valence-electron chi connectivity index (χ3n) is 1.90. The van der Waals surface area contributed by atoms with E-state index in [9.17, 15) is 0 Å². The van der Waals surface area contributed by atoms with Crippen LogP contribution in [0.5, 0.6) is 0 Å². The molecule has 1 aliphatic rings. The monoisotopic (exact) mass is 139 g/mol. The van der Waals surface area contributed by atoms with Gasteiger partial charge in [0.2, 0.25) is 0 Å². The summed E-state index contributed by atoms with van der Waals surface area (Å²) in [5.74, 6) is 0.861. The molecule has 1 unspecified atom stereocenters. The summed E-state index contributed by atoms with van der Waals surface area (Å²) in [6, 6.07) is 0. The lowest BCUT2D eigenvalue weighted by Gasteiger charge is -1.98. The molecule has 0 bridgehead atoms. The molecule has 0 radical (unpaired) electrons. The van der Waals surface area contributed by atoms with Gasteiger partial charge in [-0.05, 0) is 13.8 Å². The maximum atomic E-state index is 5.22. The summed E-state index contributed by atoms with van der Waals surface area (Å²) in [5, 5.41) is 3.67. The van der Waals surface area contributed by atoms with Crippen molar-refractivity contribution < 1.29 is 9.26 Å². The van der Waals surface area contributed by atoms with Crippen molar-refractivity contribution in [1.29, 1.82) is 0 Å². The van der Waals surface area contributed by atoms with Crippen LogP contribution >= 0.6 is 0 Å². The summed E-state index contributed by atoms with van der Waals surface area (Å²) in [7, 11) is 0. The first kappa shape index (κ1) is 5.92. The molecule has 10 heavy (non-hydrogen) atoms. The number of hydrogen-bond acceptors (Lipinski definition) is 3. The fraction of sp³-hybridized carbons (Fsp3) is 0.571. The predicted octanol–water partition coefficient (Wildman–Crippen LogP) is 1.23. The Morgan fingerprint density at radius 2 is 2.40 bits per heavy atom. The zero-order valence-corrected chi connectivity index (χ0v) is 6.05. The average Bonchev–Trinajstić information content (AvgIpc) is 2.44. The summed E-state index contributed by atoms with van der Waals surface area (Å²) in [6.07, 6.45) is 1.72. The van der Waals surface area contributed by atoms with Crippen LogP contribution in [0.4, 0.5) is 0 Å². The summed E-state index contributed by atoms with van der Waals surface area (Å²) in [6.45, 7) is 4.72. The van der Waals surface area contributed by atoms with Crippen molar-refractivity contribution in [3.05, 3.63) is 17.5 Å². The number of aryl methyl sites for hydroxylation is 1. The van der Waals surface area contributed by atoms with Gasteiger partial charge in [-0.15, -0.1) is 0 Å². The van der Waals surface area contributed by atoms with Gasteiger partial charge in [0.1, 0.15) is 11.4 Å². The number of nitrogens with zero attached hydrogens (tertiary/aromatic N) is 1. The Bertz CT molecular complexity index is 250. The van der Waals surface area contributed by atoms with Crippen molar-refractivity contribution in [2.24, 2.45) is 0 Å². The quantitative estimate of drug-likeness (QED) is 0.549. The molecule has 1 aromatic rings. The van der Waals surface area contributed by atoms with Crippen LogP contribution in [0, 0.1) is 6.92 Å². The van der Waals surface area contributed by atoms with Gasteiger partial charge in [-0.3, -0.25) is 0 Å². The van der Waals surface area contributed by atoms with Crippen LogP contribution in [0.2, 0.25) is 0 Å². The zero-order valence-electron chi connectivity index (χ0n) is 6.05. The smallest absolute Gasteiger partial charge is 0.139 e. The largest absolute Gasteiger partial charge is 0.365 e. The van der Waals surface area contributed by atoms with Crippen LogP contribution in [0.1, 0.15) is 18.2 Å². The van der Waals surface area contributed by atoms with Crippen molar-refractivity contribution >= 4 is 0 Å². The maximum Gasteiger partial charge on any atom is 0.139 e. The maximum absolute atomic E-state index is 5.22. The van der Waals surface area contributed by atoms with E-state index in [0.717, 1.165) is 17.9 Å². The third kappa shape index (κ3) is 0.671. The molecule has 0 aromatic carbocycles. The Morgan fingerprint density at radius 1 is 1.70 bits per heavy atom. The standard InChI is InChI=1S/C7H9NO2/c1-5-6(3-8-10-5)7(2)4-9-7/h3H,4H2,1-2H3. The molecule has 1 saturated heterocycles. The lowest BCUT2D eigenvalue weighted by atomic mass is 10.0. The number of ether oxygens (including phenoxy) is 1. The molecule has 3 nitrogen and oxygen atoms in total. The third-order valence-corrected chi connectivity index (χ3v) is 1.90. The number of hydrogen-bond donors (Lipinski definition) is 0. The Kier molecular flexibility index (Phi) is 0.951. The van der Waals surface area contributed by atoms with Crippen LogP contribution < -0.4 is 0 Å². The molecule has 54 valence electrons. The second-order valence-corrected chi connectivity index (χ2v) is 2.82. The van der Waals surface area contributed by atoms with E-state index in [1.54, 1.807) is 6.20 Å². The average molecular weight is 139 g/mol. The second kappa shape index (κ2) is 1.61. The summed E-state index contributed by atoms with van der Waals surface area (Å²) < 4.78 is 10.1. The molecule has 0 amide bonds. The SMILES string of the molecule is Cc1oncc1C1(C)CO1. The van der Waals surface area contributed by atoms with Gasteiger partial charge in [0, 0.05) is 5.56 Å². The molecule has 0 N–H and O–H groups in total. The van der Waals surface area contributed by atoms with Crippen molar-refractivity contribution in [2.45, 2.75) is 19.4 Å². The number of epoxide rings is 1. The Labute approximate surface area is 59.0 Å². The van der Waals surface area contributed by atoms with Crippen LogP contribution in [0.3, 0.4) is 0 Å². The first-order valence-corrected chi connectivity index (χ1v) is 3.28. The molecule has 1 aromatic heterocycles. The van der Waals surface area contributed by atoms with Crippen LogP contribution in [0.15, 0.2) is 10.7 Å². The van der Waals surface area contributed by atoms with Crippen molar-refractivity contribution in [1.82, 2.24) is 5.16 Å². The van der Waals surface area contributed by atoms with Gasteiger partial charge >= 0.3 is 0 Å². The highest BCUT2D eigenvalue weighted by molar-refractivity contribution is 5.24. The van der Waals surface area contributed by atoms with E-state index < -0.39 is 0 Å². The highest BCUT2D eigenvalue weighted by Crippen LogP contribution is 2.39. The Hall–Kier alpha value is -0.830. The molecule has 3 heteroatoms. The summed E-state index contributed by atoms with van der Waals surface area (Å²) in [5.41, 5.74) is 0.983. The normalized spacial score (nSPS) is 30.6. The van der Waals surface area contributed by atoms with Crippen LogP contribution in [-0.2, 0) is 10.3 Å². The van der Waals surface area contributed by atoms with Gasteiger partial charge in [0.05, 0.1) is 12.8 Å². The van der Waals surface area contributed by atoms with E-state index in [4.69, 9.17) is 9.26 Å². The predicted molar refractivity (Wildman–Crippen MR) is 34.5 cm³/mol. The minimum atomic E-state index is -0.0932. The highest BCUT2D eigenvalue weighted by atomic mass is 16.6. The fourth-order valence-electron chi connectivity index (χ4n) is 1.07. The highest BCUT2D eigenvalue weighted by Gasteiger charge is 2.43. The first-order chi connectivity index (χ1) is 4.72. The fourth-order valence-corrected chi connectivity index (χ4v) is 1.07. The first-order valence-electron chi connectivity index (χ1n) is 3.28. The van der Waals surface area contributed by atoms with Gasteiger partial charge in [-0.2, -0.15) is 0 Å². The Morgan fingerprint density at radius 3 is 2.80 bits per heavy atom. The molecule has 0 aliphatic carbocycles. The Balaban J connectivity index is 2.42. The zero-order chi connectivity index (χ0) is 7.19. The molecule has 1 fully saturated rings. The van der Waals surface area contributed by atoms with E-state index in [0.29, 0.717) is 0 Å². The van der Waals surface area contributed by atoms with E-state index in [1.165, 1.54) is 0 Å². The van der Waals surface area contributed by atoms with E-state index >= 15 is 0 Å². The molecule has 0 saturated carbocycles. The summed E-state index contributed by atoms with van der Waals surface area (Å²) in [4.78, 5) is 0. The lowest BCUT2D eigenvalue weighted by molar-refractivity contribution is 0.323. The van der Waals surface area contributed by atoms with E-state index in [1.807, 2.05) is 13.8 Å². The lowest BCUT2D eigenvalue weighted by Crippen LogP contribution is -2.01. The van der Waals surface area contributed by atoms with Crippen LogP contribution in [0.25, 0.3) is 0 Å². The van der Waals surface area contributed by atoms with Crippen molar-refractivity contribution in [3.8, 4) is 0 Å². The topological polar surface area (TPSA) is 38.6 Å². The van der Waals surface area contributed by atoms with Gasteiger partial charge in [-0.25, -0.2) is 0 Å². The minimum absolute atomic E-state index is 0.0932. The molecule has 2 heterocycles. The van der Waals surface area contributed by atoms with Crippen LogP contribution in [-0.4, -0.2) is 11.8 Å². The van der Waals surface area contributed by atoms with Crippen molar-refractivity contribution in [2.75, 3.05) is 6.61 Å². The molecule has 2 rings (SSSR count). The van der Waals surface area contributed by atoms with E-state index in [2.05, 4.69) is 5.16 Å². The van der Waals surface area contributed by atoms with Crippen molar-refractivity contribution in [3.63, 3.8) is 0 Å². The van der Waals surface area contributed by atoms with Gasteiger partial charge in [-0.1, -0.05) is 5.16 Å². The van der Waals surface area contributed by atoms with Gasteiger partial charge in [0.25, 0.3) is 0 Å². The molecular formula is C7H9NO2. The summed E-state index contributed by atoms with van der Waals surface area (Å²) >= 11 is 0. The number of rotatable bonds is 1. The van der Waals surface area contributed by atoms with Gasteiger partial charge < -0.3 is 9.26 Å².